The summed E-state index contributed by atoms with van der Waals surface area (Å²) in [5, 5.41) is 0. The fourth-order valence-electron chi connectivity index (χ4n) is 2.20. The topological polar surface area (TPSA) is 52.3 Å². The van der Waals surface area contributed by atoms with Crippen LogP contribution in [0.2, 0.25) is 0 Å². The van der Waals surface area contributed by atoms with Crippen LogP contribution in [-0.4, -0.2) is 12.6 Å². The maximum Gasteiger partial charge on any atom is 0.350 e. The van der Waals surface area contributed by atoms with Crippen LogP contribution in [0, 0.1) is 12.7 Å². The molecule has 0 saturated heterocycles. The van der Waals surface area contributed by atoms with Crippen molar-refractivity contribution in [2.24, 2.45) is 0 Å². The van der Waals surface area contributed by atoms with E-state index in [9.17, 15) is 9.18 Å². The van der Waals surface area contributed by atoms with E-state index < -0.39 is 5.97 Å². The largest absolute Gasteiger partial charge is 0.462 e. The maximum atomic E-state index is 13.4. The number of carbonyl (C=O) groups is 1. The Hall–Kier alpha value is -1.88. The van der Waals surface area contributed by atoms with Crippen molar-refractivity contribution in [1.29, 1.82) is 0 Å². The van der Waals surface area contributed by atoms with E-state index >= 15 is 0 Å². The SMILES string of the molecule is CCOC(=O)c1sc(-c2ccc(F)c(C)c2)c(CC)c1N. The number of esters is 1. The van der Waals surface area contributed by atoms with E-state index in [1.54, 1.807) is 26.0 Å². The summed E-state index contributed by atoms with van der Waals surface area (Å²) in [7, 11) is 0. The molecule has 0 aliphatic carbocycles. The van der Waals surface area contributed by atoms with Crippen LogP contribution >= 0.6 is 11.3 Å². The fourth-order valence-corrected chi connectivity index (χ4v) is 3.40. The normalized spacial score (nSPS) is 10.7. The molecule has 1 aromatic heterocycles. The van der Waals surface area contributed by atoms with Crippen molar-refractivity contribution in [3.8, 4) is 10.4 Å². The molecule has 2 N–H and O–H groups in total. The van der Waals surface area contributed by atoms with Crippen LogP contribution in [0.25, 0.3) is 10.4 Å². The van der Waals surface area contributed by atoms with E-state index in [4.69, 9.17) is 10.5 Å². The number of carbonyl (C=O) groups excluding carboxylic acids is 1. The molecule has 2 rings (SSSR count). The summed E-state index contributed by atoms with van der Waals surface area (Å²) < 4.78 is 18.4. The summed E-state index contributed by atoms with van der Waals surface area (Å²) in [6, 6.07) is 4.92. The highest BCUT2D eigenvalue weighted by Gasteiger charge is 2.22. The molecule has 0 unspecified atom stereocenters. The molecule has 0 fully saturated rings. The molecule has 3 nitrogen and oxygen atoms in total. The second-order valence-corrected chi connectivity index (χ2v) is 5.71. The molecular formula is C16H18FNO2S. The highest BCUT2D eigenvalue weighted by Crippen LogP contribution is 2.39. The molecular weight excluding hydrogens is 289 g/mol. The standard InChI is InChI=1S/C16H18FNO2S/c1-4-11-13(18)15(16(19)20-5-2)21-14(11)10-6-7-12(17)9(3)8-10/h6-8H,4-5,18H2,1-3H3. The summed E-state index contributed by atoms with van der Waals surface area (Å²) >= 11 is 1.30. The first kappa shape index (κ1) is 15.5. The third-order valence-electron chi connectivity index (χ3n) is 3.28. The third-order valence-corrected chi connectivity index (χ3v) is 4.56. The smallest absolute Gasteiger partial charge is 0.350 e. The predicted octanol–water partition coefficient (Wildman–Crippen LogP) is 4.18. The van der Waals surface area contributed by atoms with Gasteiger partial charge in [-0.05, 0) is 49.1 Å². The van der Waals surface area contributed by atoms with Crippen molar-refractivity contribution in [2.75, 3.05) is 12.3 Å². The number of thiophene rings is 1. The summed E-state index contributed by atoms with van der Waals surface area (Å²) in [5.41, 5.74) is 8.91. The van der Waals surface area contributed by atoms with Gasteiger partial charge in [-0.2, -0.15) is 0 Å². The van der Waals surface area contributed by atoms with Crippen molar-refractivity contribution in [3.05, 3.63) is 40.0 Å². The van der Waals surface area contributed by atoms with E-state index in [2.05, 4.69) is 0 Å². The van der Waals surface area contributed by atoms with Gasteiger partial charge < -0.3 is 10.5 Å². The third kappa shape index (κ3) is 2.93. The van der Waals surface area contributed by atoms with E-state index in [1.165, 1.54) is 17.4 Å². The summed E-state index contributed by atoms with van der Waals surface area (Å²) in [5.74, 6) is -0.647. The zero-order valence-electron chi connectivity index (χ0n) is 12.3. The monoisotopic (exact) mass is 307 g/mol. The number of anilines is 1. The van der Waals surface area contributed by atoms with Crippen LogP contribution in [0.3, 0.4) is 0 Å². The molecule has 21 heavy (non-hydrogen) atoms. The number of nitrogen functional groups attached to an aromatic ring is 1. The van der Waals surface area contributed by atoms with Gasteiger partial charge in [0.05, 0.1) is 12.3 Å². The molecule has 0 spiro atoms. The number of rotatable bonds is 4. The van der Waals surface area contributed by atoms with Gasteiger partial charge in [0.1, 0.15) is 10.7 Å². The lowest BCUT2D eigenvalue weighted by Gasteiger charge is -2.04. The molecule has 0 saturated carbocycles. The molecule has 1 heterocycles. The first-order valence-corrected chi connectivity index (χ1v) is 7.66. The Kier molecular flexibility index (Phi) is 4.63. The number of halogens is 1. The number of hydrogen-bond acceptors (Lipinski definition) is 4. The zero-order chi connectivity index (χ0) is 15.6. The summed E-state index contributed by atoms with van der Waals surface area (Å²) in [6.45, 7) is 5.76. The molecule has 2 aromatic rings. The second kappa shape index (κ2) is 6.26. The Labute approximate surface area is 127 Å². The number of aryl methyl sites for hydroxylation is 1. The molecule has 0 bridgehead atoms. The lowest BCUT2D eigenvalue weighted by Crippen LogP contribution is -2.05. The molecule has 5 heteroatoms. The highest BCUT2D eigenvalue weighted by molar-refractivity contribution is 7.18. The minimum atomic E-state index is -0.403. The van der Waals surface area contributed by atoms with Gasteiger partial charge >= 0.3 is 5.97 Å². The van der Waals surface area contributed by atoms with Crippen LogP contribution in [0.5, 0.6) is 0 Å². The van der Waals surface area contributed by atoms with Crippen LogP contribution in [0.4, 0.5) is 10.1 Å². The van der Waals surface area contributed by atoms with Crippen molar-refractivity contribution < 1.29 is 13.9 Å². The van der Waals surface area contributed by atoms with E-state index in [-0.39, 0.29) is 5.82 Å². The molecule has 0 amide bonds. The van der Waals surface area contributed by atoms with Crippen molar-refractivity contribution in [3.63, 3.8) is 0 Å². The van der Waals surface area contributed by atoms with Crippen molar-refractivity contribution in [2.45, 2.75) is 27.2 Å². The molecule has 112 valence electrons. The molecule has 1 aromatic carbocycles. The fraction of sp³-hybridized carbons (Fsp3) is 0.312. The van der Waals surface area contributed by atoms with Gasteiger partial charge in [0.25, 0.3) is 0 Å². The lowest BCUT2D eigenvalue weighted by molar-refractivity contribution is 0.0533. The van der Waals surface area contributed by atoms with E-state index in [1.807, 2.05) is 6.92 Å². The van der Waals surface area contributed by atoms with Gasteiger partial charge in [0.15, 0.2) is 0 Å². The number of benzene rings is 1. The average molecular weight is 307 g/mol. The Morgan fingerprint density at radius 2 is 2.10 bits per heavy atom. The average Bonchev–Trinajstić information content (AvgIpc) is 2.79. The van der Waals surface area contributed by atoms with Gasteiger partial charge in [-0.3, -0.25) is 0 Å². The lowest BCUT2D eigenvalue weighted by atomic mass is 10.0. The van der Waals surface area contributed by atoms with Gasteiger partial charge in [-0.1, -0.05) is 13.0 Å². The van der Waals surface area contributed by atoms with Crippen molar-refractivity contribution >= 4 is 23.0 Å². The number of nitrogens with two attached hydrogens (primary N) is 1. The quantitative estimate of drug-likeness (QED) is 0.862. The van der Waals surface area contributed by atoms with Gasteiger partial charge in [0, 0.05) is 4.88 Å². The minimum absolute atomic E-state index is 0.244. The predicted molar refractivity (Wildman–Crippen MR) is 84.2 cm³/mol. The van der Waals surface area contributed by atoms with Crippen molar-refractivity contribution in [1.82, 2.24) is 0 Å². The van der Waals surface area contributed by atoms with Crippen LogP contribution in [-0.2, 0) is 11.2 Å². The van der Waals surface area contributed by atoms with Gasteiger partial charge in [-0.25, -0.2) is 9.18 Å². The first-order chi connectivity index (χ1) is 9.99. The Morgan fingerprint density at radius 3 is 2.67 bits per heavy atom. The second-order valence-electron chi connectivity index (χ2n) is 4.69. The molecule has 0 aliphatic heterocycles. The highest BCUT2D eigenvalue weighted by atomic mass is 32.1. The Balaban J connectivity index is 2.55. The first-order valence-electron chi connectivity index (χ1n) is 6.84. The molecule has 0 atom stereocenters. The van der Waals surface area contributed by atoms with Crippen LogP contribution in [0.1, 0.15) is 34.6 Å². The maximum absolute atomic E-state index is 13.4. The van der Waals surface area contributed by atoms with E-state index in [0.29, 0.717) is 29.2 Å². The molecule has 0 radical (unpaired) electrons. The van der Waals surface area contributed by atoms with Gasteiger partial charge in [-0.15, -0.1) is 11.3 Å². The van der Waals surface area contributed by atoms with Gasteiger partial charge in [0.2, 0.25) is 0 Å². The summed E-state index contributed by atoms with van der Waals surface area (Å²) in [6.07, 6.45) is 0.702. The zero-order valence-corrected chi connectivity index (χ0v) is 13.1. The Morgan fingerprint density at radius 1 is 1.38 bits per heavy atom. The molecule has 0 aliphatic rings. The Bertz CT molecular complexity index is 679. The van der Waals surface area contributed by atoms with Crippen LogP contribution < -0.4 is 5.73 Å². The number of ether oxygens (including phenoxy) is 1. The van der Waals surface area contributed by atoms with Crippen LogP contribution in [0.15, 0.2) is 18.2 Å². The minimum Gasteiger partial charge on any atom is -0.462 e. The van der Waals surface area contributed by atoms with E-state index in [0.717, 1.165) is 16.0 Å². The summed E-state index contributed by atoms with van der Waals surface area (Å²) in [4.78, 5) is 13.3. The number of hydrogen-bond donors (Lipinski definition) is 1.